The Balaban J connectivity index is 1.19. The molecule has 0 saturated carbocycles. The molecule has 0 radical (unpaired) electrons. The van der Waals surface area contributed by atoms with Gasteiger partial charge in [0.05, 0.1) is 0 Å². The summed E-state index contributed by atoms with van der Waals surface area (Å²) in [5, 5.41) is 13.2. The number of aromatic amines is 1. The van der Waals surface area contributed by atoms with Gasteiger partial charge in [0.15, 0.2) is 5.16 Å². The zero-order chi connectivity index (χ0) is 20.8. The predicted octanol–water partition coefficient (Wildman–Crippen LogP) is 3.23. The zero-order valence-corrected chi connectivity index (χ0v) is 18.2. The number of aryl methyl sites for hydroxylation is 1. The second-order valence-corrected chi connectivity index (χ2v) is 8.97. The van der Waals surface area contributed by atoms with Crippen LogP contribution in [0.4, 0.5) is 4.79 Å². The van der Waals surface area contributed by atoms with E-state index < -0.39 is 0 Å². The van der Waals surface area contributed by atoms with Crippen LogP contribution in [0.2, 0.25) is 0 Å². The summed E-state index contributed by atoms with van der Waals surface area (Å²) in [4.78, 5) is 21.5. The molecule has 0 spiro atoms. The van der Waals surface area contributed by atoms with E-state index in [1.54, 1.807) is 39.3 Å². The van der Waals surface area contributed by atoms with E-state index in [2.05, 4.69) is 25.5 Å². The molecule has 2 aromatic heterocycles. The number of imidazole rings is 1. The topological polar surface area (TPSA) is 102 Å². The lowest BCUT2D eigenvalue weighted by molar-refractivity contribution is 0.134. The summed E-state index contributed by atoms with van der Waals surface area (Å²) >= 11 is 3.29. The van der Waals surface area contributed by atoms with Crippen LogP contribution in [-0.2, 0) is 12.8 Å². The van der Waals surface area contributed by atoms with Crippen LogP contribution in [0.25, 0.3) is 0 Å². The minimum atomic E-state index is -0.281. The lowest BCUT2D eigenvalue weighted by atomic mass is 9.99. The normalized spacial score (nSPS) is 14.8. The Labute approximate surface area is 183 Å². The molecule has 1 aliphatic heterocycles. The summed E-state index contributed by atoms with van der Waals surface area (Å²) in [5.41, 5.74) is 1.15. The number of likely N-dealkylation sites (tertiary alicyclic amines) is 1. The first kappa shape index (κ1) is 20.7. The molecular formula is C19H23N7O2S2. The highest BCUT2D eigenvalue weighted by molar-refractivity contribution is 7.99. The molecule has 1 aromatic carbocycles. The van der Waals surface area contributed by atoms with Crippen molar-refractivity contribution in [3.8, 4) is 5.75 Å². The molecule has 0 bridgehead atoms. The maximum Gasteiger partial charge on any atom is 0.415 e. The van der Waals surface area contributed by atoms with Gasteiger partial charge in [0.2, 0.25) is 5.16 Å². The van der Waals surface area contributed by atoms with E-state index in [-0.39, 0.29) is 6.09 Å². The molecule has 3 aromatic rings. The van der Waals surface area contributed by atoms with Crippen molar-refractivity contribution in [2.75, 3.05) is 18.8 Å². The van der Waals surface area contributed by atoms with E-state index in [1.807, 2.05) is 37.5 Å². The van der Waals surface area contributed by atoms with E-state index in [9.17, 15) is 4.79 Å². The van der Waals surface area contributed by atoms with Crippen LogP contribution < -0.4 is 4.74 Å². The van der Waals surface area contributed by atoms with Crippen molar-refractivity contribution in [1.82, 2.24) is 35.1 Å². The number of piperidine rings is 1. The summed E-state index contributed by atoms with van der Waals surface area (Å²) in [6, 6.07) is 7.63. The lowest BCUT2D eigenvalue weighted by Gasteiger charge is -2.30. The fourth-order valence-corrected chi connectivity index (χ4v) is 4.94. The first-order valence-corrected chi connectivity index (χ1v) is 11.7. The van der Waals surface area contributed by atoms with Gasteiger partial charge in [-0.05, 0) is 46.9 Å². The molecule has 0 aliphatic carbocycles. The van der Waals surface area contributed by atoms with Crippen molar-refractivity contribution in [2.45, 2.75) is 28.9 Å². The molecule has 11 heteroatoms. The number of H-pyrrole nitrogens is 1. The highest BCUT2D eigenvalue weighted by atomic mass is 32.2. The Kier molecular flexibility index (Phi) is 6.90. The van der Waals surface area contributed by atoms with Crippen LogP contribution in [0.5, 0.6) is 5.75 Å². The Morgan fingerprint density at radius 1 is 1.23 bits per heavy atom. The molecule has 4 rings (SSSR count). The molecule has 3 heterocycles. The lowest BCUT2D eigenvalue weighted by Crippen LogP contribution is -2.40. The number of carbonyl (C=O) groups is 1. The minimum Gasteiger partial charge on any atom is -0.410 e. The third-order valence-electron chi connectivity index (χ3n) is 4.88. The van der Waals surface area contributed by atoms with Crippen LogP contribution in [0, 0.1) is 5.92 Å². The number of hydrogen-bond acceptors (Lipinski definition) is 8. The molecule has 0 unspecified atom stereocenters. The number of nitrogens with zero attached hydrogens (tertiary/aromatic N) is 6. The van der Waals surface area contributed by atoms with E-state index >= 15 is 0 Å². The Morgan fingerprint density at radius 3 is 2.70 bits per heavy atom. The molecule has 1 fully saturated rings. The number of aromatic nitrogens is 6. The average molecular weight is 446 g/mol. The Bertz CT molecular complexity index is 938. The summed E-state index contributed by atoms with van der Waals surface area (Å²) in [6.45, 7) is 1.41. The number of ether oxygens (including phenoxy) is 1. The number of tetrazole rings is 1. The fourth-order valence-electron chi connectivity index (χ4n) is 3.12. The molecular weight excluding hydrogens is 422 g/mol. The van der Waals surface area contributed by atoms with Crippen molar-refractivity contribution in [2.24, 2.45) is 13.0 Å². The predicted molar refractivity (Wildman–Crippen MR) is 114 cm³/mol. The van der Waals surface area contributed by atoms with Crippen molar-refractivity contribution in [1.29, 1.82) is 0 Å². The quantitative estimate of drug-likeness (QED) is 0.553. The zero-order valence-electron chi connectivity index (χ0n) is 16.6. The maximum absolute atomic E-state index is 12.5. The third kappa shape index (κ3) is 5.54. The molecule has 1 saturated heterocycles. The summed E-state index contributed by atoms with van der Waals surface area (Å²) in [5.74, 6) is 2.87. The molecule has 1 N–H and O–H groups in total. The standard InChI is InChI=1S/C19H23N7O2S2/c1-25-18(22-23-24-25)30-13-15-6-10-26(11-7-15)19(27)28-16-4-2-14(3-5-16)12-29-17-20-8-9-21-17/h2-5,8-9,15H,6-7,10-13H2,1H3,(H,20,21). The number of thioether (sulfide) groups is 2. The van der Waals surface area contributed by atoms with Crippen molar-refractivity contribution in [3.05, 3.63) is 42.2 Å². The van der Waals surface area contributed by atoms with Crippen molar-refractivity contribution in [3.63, 3.8) is 0 Å². The third-order valence-corrected chi connectivity index (χ3v) is 7.10. The fraction of sp³-hybridized carbons (Fsp3) is 0.421. The van der Waals surface area contributed by atoms with Crippen LogP contribution in [0.3, 0.4) is 0 Å². The molecule has 1 amide bonds. The van der Waals surface area contributed by atoms with Gasteiger partial charge < -0.3 is 14.6 Å². The number of carbonyl (C=O) groups excluding carboxylic acids is 1. The van der Waals surface area contributed by atoms with Crippen LogP contribution >= 0.6 is 23.5 Å². The maximum atomic E-state index is 12.5. The van der Waals surface area contributed by atoms with Gasteiger partial charge >= 0.3 is 6.09 Å². The van der Waals surface area contributed by atoms with Crippen LogP contribution in [0.1, 0.15) is 18.4 Å². The van der Waals surface area contributed by atoms with E-state index in [1.165, 1.54) is 0 Å². The van der Waals surface area contributed by atoms with Gasteiger partial charge in [-0.2, -0.15) is 0 Å². The van der Waals surface area contributed by atoms with Gasteiger partial charge in [-0.15, -0.1) is 5.10 Å². The monoisotopic (exact) mass is 445 g/mol. The molecule has 0 atom stereocenters. The van der Waals surface area contributed by atoms with Gasteiger partial charge in [0.1, 0.15) is 5.75 Å². The molecule has 30 heavy (non-hydrogen) atoms. The Morgan fingerprint density at radius 2 is 2.03 bits per heavy atom. The minimum absolute atomic E-state index is 0.281. The highest BCUT2D eigenvalue weighted by Crippen LogP contribution is 2.26. The number of hydrogen-bond donors (Lipinski definition) is 1. The van der Waals surface area contributed by atoms with Gasteiger partial charge in [0.25, 0.3) is 0 Å². The number of benzene rings is 1. The van der Waals surface area contributed by atoms with Gasteiger partial charge in [0, 0.05) is 44.0 Å². The van der Waals surface area contributed by atoms with Gasteiger partial charge in [-0.3, -0.25) is 0 Å². The van der Waals surface area contributed by atoms with E-state index in [0.717, 1.165) is 40.2 Å². The first-order chi connectivity index (χ1) is 14.7. The van der Waals surface area contributed by atoms with Gasteiger partial charge in [-0.1, -0.05) is 35.7 Å². The second kappa shape index (κ2) is 9.98. The summed E-state index contributed by atoms with van der Waals surface area (Å²) < 4.78 is 7.23. The van der Waals surface area contributed by atoms with Crippen molar-refractivity contribution < 1.29 is 9.53 Å². The molecule has 1 aliphatic rings. The van der Waals surface area contributed by atoms with E-state index in [4.69, 9.17) is 4.74 Å². The van der Waals surface area contributed by atoms with E-state index in [0.29, 0.717) is 24.8 Å². The smallest absolute Gasteiger partial charge is 0.410 e. The molecule has 9 nitrogen and oxygen atoms in total. The first-order valence-electron chi connectivity index (χ1n) is 9.70. The van der Waals surface area contributed by atoms with Crippen LogP contribution in [-0.4, -0.2) is 60.0 Å². The number of nitrogens with one attached hydrogen (secondary N) is 1. The summed E-state index contributed by atoms with van der Waals surface area (Å²) in [6.07, 6.45) is 5.17. The number of rotatable bonds is 7. The van der Waals surface area contributed by atoms with Crippen LogP contribution in [0.15, 0.2) is 47.0 Å². The highest BCUT2D eigenvalue weighted by Gasteiger charge is 2.24. The second-order valence-electron chi connectivity index (χ2n) is 7.02. The molecule has 158 valence electrons. The Hall–Kier alpha value is -2.53. The average Bonchev–Trinajstić information content (AvgIpc) is 3.44. The SMILES string of the molecule is Cn1nnnc1SCC1CCN(C(=O)Oc2ccc(CSc3ncc[nH]3)cc2)CC1. The van der Waals surface area contributed by atoms with Gasteiger partial charge in [-0.25, -0.2) is 14.5 Å². The number of amides is 1. The van der Waals surface area contributed by atoms with Crippen molar-refractivity contribution >= 4 is 29.6 Å². The summed E-state index contributed by atoms with van der Waals surface area (Å²) in [7, 11) is 1.84. The largest absolute Gasteiger partial charge is 0.415 e.